The topological polar surface area (TPSA) is 83.9 Å². The SMILES string of the molecule is CCc1cc(-c2ccccc2)c(O)cc1OCCCCCC(C)(C)c1nn[nH]n1.[NaH]. The normalized spacial score (nSPS) is 11.2. The van der Waals surface area contributed by atoms with Crippen LogP contribution in [0.25, 0.3) is 11.1 Å². The van der Waals surface area contributed by atoms with Crippen LogP contribution in [0.5, 0.6) is 11.5 Å². The maximum atomic E-state index is 10.5. The fourth-order valence-corrected chi connectivity index (χ4v) is 3.46. The first-order valence-corrected chi connectivity index (χ1v) is 10.3. The van der Waals surface area contributed by atoms with Crippen LogP contribution < -0.4 is 4.74 Å². The van der Waals surface area contributed by atoms with E-state index in [4.69, 9.17) is 4.74 Å². The van der Waals surface area contributed by atoms with Crippen molar-refractivity contribution in [3.8, 4) is 22.6 Å². The number of aryl methyl sites for hydroxylation is 1. The average molecular weight is 419 g/mol. The van der Waals surface area contributed by atoms with E-state index in [2.05, 4.69) is 41.4 Å². The van der Waals surface area contributed by atoms with Crippen LogP contribution in [0.15, 0.2) is 42.5 Å². The number of unbranched alkanes of at least 4 members (excludes halogenated alkanes) is 2. The molecule has 1 aromatic heterocycles. The summed E-state index contributed by atoms with van der Waals surface area (Å²) in [5.74, 6) is 1.79. The van der Waals surface area contributed by atoms with Crippen LogP contribution in [-0.4, -0.2) is 61.9 Å². The predicted octanol–water partition coefficient (Wildman–Crippen LogP) is 4.40. The first-order valence-electron chi connectivity index (χ1n) is 10.3. The van der Waals surface area contributed by atoms with E-state index in [0.717, 1.165) is 60.4 Å². The van der Waals surface area contributed by atoms with Crippen LogP contribution in [0.4, 0.5) is 0 Å². The number of benzene rings is 2. The van der Waals surface area contributed by atoms with Crippen molar-refractivity contribution in [3.63, 3.8) is 0 Å². The second-order valence-corrected chi connectivity index (χ2v) is 7.98. The first-order chi connectivity index (χ1) is 14.0. The summed E-state index contributed by atoms with van der Waals surface area (Å²) in [6, 6.07) is 13.7. The number of rotatable bonds is 10. The van der Waals surface area contributed by atoms with E-state index in [1.165, 1.54) is 0 Å². The Kier molecular flexibility index (Phi) is 9.34. The molecular formula is C23H31N4NaO2. The van der Waals surface area contributed by atoms with Crippen molar-refractivity contribution in [1.29, 1.82) is 0 Å². The zero-order chi connectivity index (χ0) is 20.7. The Morgan fingerprint density at radius 3 is 2.50 bits per heavy atom. The molecule has 0 unspecified atom stereocenters. The van der Waals surface area contributed by atoms with Crippen LogP contribution >= 0.6 is 0 Å². The van der Waals surface area contributed by atoms with E-state index in [1.807, 2.05) is 36.4 Å². The fraction of sp³-hybridized carbons (Fsp3) is 0.435. The summed E-state index contributed by atoms with van der Waals surface area (Å²) < 4.78 is 6.00. The van der Waals surface area contributed by atoms with Crippen molar-refractivity contribution in [2.24, 2.45) is 0 Å². The molecule has 0 aliphatic heterocycles. The molecule has 0 fully saturated rings. The van der Waals surface area contributed by atoms with Gasteiger partial charge in [0.2, 0.25) is 0 Å². The maximum absolute atomic E-state index is 10.5. The molecule has 30 heavy (non-hydrogen) atoms. The second-order valence-electron chi connectivity index (χ2n) is 7.98. The Hall–Kier alpha value is -1.89. The number of hydrogen-bond acceptors (Lipinski definition) is 5. The second kappa shape index (κ2) is 11.5. The molecule has 1 heterocycles. The van der Waals surface area contributed by atoms with E-state index in [9.17, 15) is 5.11 Å². The van der Waals surface area contributed by atoms with Crippen molar-refractivity contribution < 1.29 is 9.84 Å². The van der Waals surface area contributed by atoms with Gasteiger partial charge in [0.15, 0.2) is 5.82 Å². The zero-order valence-electron chi connectivity index (χ0n) is 17.5. The summed E-state index contributed by atoms with van der Waals surface area (Å²) >= 11 is 0. The van der Waals surface area contributed by atoms with Crippen molar-refractivity contribution in [1.82, 2.24) is 20.6 Å². The molecule has 2 N–H and O–H groups in total. The van der Waals surface area contributed by atoms with Gasteiger partial charge < -0.3 is 9.84 Å². The van der Waals surface area contributed by atoms with Gasteiger partial charge in [-0.2, -0.15) is 5.21 Å². The predicted molar refractivity (Wildman–Crippen MR) is 121 cm³/mol. The van der Waals surface area contributed by atoms with E-state index < -0.39 is 0 Å². The number of nitrogens with one attached hydrogen (secondary N) is 1. The third-order valence-electron chi connectivity index (χ3n) is 5.30. The number of aromatic nitrogens is 4. The summed E-state index contributed by atoms with van der Waals surface area (Å²) in [6.07, 6.45) is 4.96. The molecular weight excluding hydrogens is 387 g/mol. The van der Waals surface area contributed by atoms with Gasteiger partial charge in [-0.1, -0.05) is 69.2 Å². The molecule has 0 aliphatic carbocycles. The molecule has 0 saturated heterocycles. The number of hydrogen-bond donors (Lipinski definition) is 2. The van der Waals surface area contributed by atoms with Gasteiger partial charge in [-0.05, 0) is 36.5 Å². The number of nitrogens with zero attached hydrogens (tertiary/aromatic N) is 3. The van der Waals surface area contributed by atoms with Crippen LogP contribution in [-0.2, 0) is 11.8 Å². The van der Waals surface area contributed by atoms with Gasteiger partial charge in [0.05, 0.1) is 6.61 Å². The van der Waals surface area contributed by atoms with Gasteiger partial charge in [0.25, 0.3) is 0 Å². The summed E-state index contributed by atoms with van der Waals surface area (Å²) in [4.78, 5) is 0. The van der Waals surface area contributed by atoms with Crippen LogP contribution in [0.2, 0.25) is 0 Å². The molecule has 0 bridgehead atoms. The number of H-pyrrole nitrogens is 1. The van der Waals surface area contributed by atoms with Crippen LogP contribution in [0, 0.1) is 0 Å². The fourth-order valence-electron chi connectivity index (χ4n) is 3.46. The Labute approximate surface area is 200 Å². The third-order valence-corrected chi connectivity index (χ3v) is 5.30. The van der Waals surface area contributed by atoms with Gasteiger partial charge >= 0.3 is 29.6 Å². The van der Waals surface area contributed by atoms with Crippen molar-refractivity contribution in [2.45, 2.75) is 58.3 Å². The Morgan fingerprint density at radius 2 is 1.83 bits per heavy atom. The first kappa shape index (κ1) is 24.4. The summed E-state index contributed by atoms with van der Waals surface area (Å²) in [7, 11) is 0. The van der Waals surface area contributed by atoms with E-state index in [1.54, 1.807) is 6.07 Å². The average Bonchev–Trinajstić information content (AvgIpc) is 3.27. The van der Waals surface area contributed by atoms with Gasteiger partial charge in [-0.25, -0.2) is 0 Å². The quantitative estimate of drug-likeness (QED) is 0.377. The molecule has 3 rings (SSSR count). The van der Waals surface area contributed by atoms with E-state index in [-0.39, 0.29) is 40.7 Å². The van der Waals surface area contributed by atoms with E-state index in [0.29, 0.717) is 6.61 Å². The van der Waals surface area contributed by atoms with Gasteiger partial charge in [0, 0.05) is 17.0 Å². The summed E-state index contributed by atoms with van der Waals surface area (Å²) in [6.45, 7) is 7.02. The van der Waals surface area contributed by atoms with Gasteiger partial charge in [0.1, 0.15) is 11.5 Å². The number of tetrazole rings is 1. The zero-order valence-corrected chi connectivity index (χ0v) is 17.5. The Balaban J connectivity index is 0.00000320. The van der Waals surface area contributed by atoms with Crippen molar-refractivity contribution in [3.05, 3.63) is 53.9 Å². The monoisotopic (exact) mass is 418 g/mol. The molecule has 7 heteroatoms. The number of aromatic hydroxyl groups is 1. The molecule has 156 valence electrons. The molecule has 0 atom stereocenters. The molecule has 0 aliphatic rings. The molecule has 2 aromatic carbocycles. The molecule has 0 saturated carbocycles. The standard InChI is InChI=1S/C23H30N4O2.Na.H/c1-4-17-15-19(18-11-7-5-8-12-18)20(28)16-21(17)29-14-10-6-9-13-23(2,3)22-24-26-27-25-22;;/h5,7-8,11-12,15-16,28H,4,6,9-10,13-14H2,1-3H3,(H,24,25,26,27);;. The van der Waals surface area contributed by atoms with Crippen LogP contribution in [0.3, 0.4) is 0 Å². The molecule has 3 aromatic rings. The number of phenolic OH excluding ortho intramolecular Hbond substituents is 1. The van der Waals surface area contributed by atoms with Gasteiger partial charge in [-0.3, -0.25) is 0 Å². The Bertz CT molecular complexity index is 899. The molecule has 6 nitrogen and oxygen atoms in total. The summed E-state index contributed by atoms with van der Waals surface area (Å²) in [5, 5.41) is 24.9. The van der Waals surface area contributed by atoms with Gasteiger partial charge in [-0.15, -0.1) is 10.2 Å². The van der Waals surface area contributed by atoms with Crippen LogP contribution in [0.1, 0.15) is 57.8 Å². The minimum absolute atomic E-state index is 0. The van der Waals surface area contributed by atoms with E-state index >= 15 is 0 Å². The number of phenols is 1. The van der Waals surface area contributed by atoms with Crippen molar-refractivity contribution in [2.75, 3.05) is 6.61 Å². The minimum atomic E-state index is -0.0811. The number of ether oxygens (including phenoxy) is 1. The molecule has 0 radical (unpaired) electrons. The Morgan fingerprint density at radius 1 is 1.07 bits per heavy atom. The number of aromatic amines is 1. The summed E-state index contributed by atoms with van der Waals surface area (Å²) in [5.41, 5.74) is 2.89. The molecule has 0 amide bonds. The molecule has 0 spiro atoms. The van der Waals surface area contributed by atoms with Crippen molar-refractivity contribution >= 4 is 29.6 Å². The third kappa shape index (κ3) is 6.30.